The van der Waals surface area contributed by atoms with Gasteiger partial charge in [0, 0.05) is 6.42 Å². The molecule has 0 aliphatic rings. The first-order valence-electron chi connectivity index (χ1n) is 4.04. The Morgan fingerprint density at radius 3 is 2.43 bits per heavy atom. The summed E-state index contributed by atoms with van der Waals surface area (Å²) in [6.45, 7) is 0. The minimum absolute atomic E-state index is 0.0414. The molecule has 6 heteroatoms. The molecular formula is C8H13NO4S. The van der Waals surface area contributed by atoms with Crippen LogP contribution in [0.1, 0.15) is 19.3 Å². The van der Waals surface area contributed by atoms with Crippen molar-refractivity contribution in [3.8, 4) is 0 Å². The standard InChI is InChI=1S/C8H13NO4S/c1-14-7(11)4-5(10)2-3-6(9)8(12)13/h6H,2-4,9H2,1H3,(H,12,13). The number of carboxylic acids is 1. The van der Waals surface area contributed by atoms with Gasteiger partial charge in [-0.05, 0) is 12.7 Å². The number of thioether (sulfide) groups is 1. The van der Waals surface area contributed by atoms with E-state index in [0.717, 1.165) is 11.8 Å². The van der Waals surface area contributed by atoms with Crippen molar-refractivity contribution in [2.75, 3.05) is 6.26 Å². The zero-order valence-corrected chi connectivity index (χ0v) is 8.67. The molecule has 5 nitrogen and oxygen atoms in total. The molecule has 0 aromatic heterocycles. The predicted molar refractivity (Wildman–Crippen MR) is 53.0 cm³/mol. The van der Waals surface area contributed by atoms with Crippen LogP contribution >= 0.6 is 11.8 Å². The van der Waals surface area contributed by atoms with E-state index in [-0.39, 0.29) is 30.2 Å². The van der Waals surface area contributed by atoms with Gasteiger partial charge < -0.3 is 10.8 Å². The van der Waals surface area contributed by atoms with Gasteiger partial charge in [-0.25, -0.2) is 0 Å². The van der Waals surface area contributed by atoms with Gasteiger partial charge in [0.25, 0.3) is 0 Å². The maximum Gasteiger partial charge on any atom is 0.320 e. The Balaban J connectivity index is 3.74. The van der Waals surface area contributed by atoms with Crippen molar-refractivity contribution < 1.29 is 19.5 Å². The number of nitrogens with two attached hydrogens (primary N) is 1. The molecule has 1 unspecified atom stereocenters. The number of Topliss-reactive ketones (excluding diaryl/α,β-unsaturated/α-hetero) is 1. The lowest BCUT2D eigenvalue weighted by molar-refractivity contribution is -0.138. The molecule has 0 bridgehead atoms. The Kier molecular flexibility index (Phi) is 6.14. The number of carbonyl (C=O) groups is 3. The summed E-state index contributed by atoms with van der Waals surface area (Å²) >= 11 is 0.986. The molecular weight excluding hydrogens is 206 g/mol. The largest absolute Gasteiger partial charge is 0.480 e. The lowest BCUT2D eigenvalue weighted by Crippen LogP contribution is -2.30. The highest BCUT2D eigenvalue weighted by Crippen LogP contribution is 2.04. The van der Waals surface area contributed by atoms with E-state index in [1.807, 2.05) is 0 Å². The van der Waals surface area contributed by atoms with Crippen molar-refractivity contribution in [3.63, 3.8) is 0 Å². The van der Waals surface area contributed by atoms with Gasteiger partial charge in [-0.1, -0.05) is 11.8 Å². The predicted octanol–water partition coefficient (Wildman–Crippen LogP) is 0.0273. The van der Waals surface area contributed by atoms with Gasteiger partial charge >= 0.3 is 5.97 Å². The normalized spacial score (nSPS) is 12.1. The fourth-order valence-corrected chi connectivity index (χ4v) is 1.07. The first-order valence-corrected chi connectivity index (χ1v) is 5.26. The third kappa shape index (κ3) is 5.71. The number of rotatable bonds is 6. The number of carboxylic acid groups (broad SMARTS) is 1. The number of hydrogen-bond acceptors (Lipinski definition) is 5. The van der Waals surface area contributed by atoms with Crippen LogP contribution in [0, 0.1) is 0 Å². The van der Waals surface area contributed by atoms with Crippen molar-refractivity contribution in [1.29, 1.82) is 0 Å². The van der Waals surface area contributed by atoms with Crippen LogP contribution in [0.15, 0.2) is 0 Å². The average Bonchev–Trinajstić information content (AvgIpc) is 2.13. The first kappa shape index (κ1) is 13.1. The van der Waals surface area contributed by atoms with Crippen LogP contribution in [-0.4, -0.2) is 34.3 Å². The molecule has 14 heavy (non-hydrogen) atoms. The molecule has 80 valence electrons. The van der Waals surface area contributed by atoms with Crippen LogP contribution in [-0.2, 0) is 14.4 Å². The van der Waals surface area contributed by atoms with Gasteiger partial charge in [-0.3, -0.25) is 14.4 Å². The molecule has 0 radical (unpaired) electrons. The molecule has 0 rings (SSSR count). The third-order valence-corrected chi connectivity index (χ3v) is 2.22. The highest BCUT2D eigenvalue weighted by Gasteiger charge is 2.14. The third-order valence-electron chi connectivity index (χ3n) is 1.62. The van der Waals surface area contributed by atoms with Gasteiger partial charge in [-0.2, -0.15) is 0 Å². The van der Waals surface area contributed by atoms with E-state index in [0.29, 0.717) is 0 Å². The summed E-state index contributed by atoms with van der Waals surface area (Å²) in [5, 5.41) is 8.21. The van der Waals surface area contributed by atoms with E-state index in [1.165, 1.54) is 0 Å². The van der Waals surface area contributed by atoms with E-state index in [4.69, 9.17) is 10.8 Å². The number of carbonyl (C=O) groups excluding carboxylic acids is 2. The summed E-state index contributed by atoms with van der Waals surface area (Å²) in [6, 6.07) is -1.02. The average molecular weight is 219 g/mol. The number of ketones is 1. The van der Waals surface area contributed by atoms with Crippen molar-refractivity contribution >= 4 is 28.6 Å². The highest BCUT2D eigenvalue weighted by atomic mass is 32.2. The Morgan fingerprint density at radius 1 is 1.43 bits per heavy atom. The Bertz CT molecular complexity index is 241. The smallest absolute Gasteiger partial charge is 0.320 e. The Labute approximate surface area is 86.0 Å². The Hall–Kier alpha value is -0.880. The molecule has 0 amide bonds. The second kappa shape index (κ2) is 6.56. The van der Waals surface area contributed by atoms with Gasteiger partial charge in [0.1, 0.15) is 11.8 Å². The molecule has 0 fully saturated rings. The molecule has 0 saturated heterocycles. The van der Waals surface area contributed by atoms with E-state index < -0.39 is 12.0 Å². The van der Waals surface area contributed by atoms with Gasteiger partial charge in [0.2, 0.25) is 0 Å². The highest BCUT2D eigenvalue weighted by molar-refractivity contribution is 8.13. The summed E-state index contributed by atoms with van der Waals surface area (Å²) < 4.78 is 0. The van der Waals surface area contributed by atoms with Crippen LogP contribution in [0.25, 0.3) is 0 Å². The maximum atomic E-state index is 11.1. The summed E-state index contributed by atoms with van der Waals surface area (Å²) in [4.78, 5) is 32.1. The summed E-state index contributed by atoms with van der Waals surface area (Å²) in [5.41, 5.74) is 5.19. The molecule has 1 atom stereocenters. The molecule has 0 aliphatic heterocycles. The molecule has 0 aromatic carbocycles. The van der Waals surface area contributed by atoms with E-state index in [2.05, 4.69) is 0 Å². The van der Waals surface area contributed by atoms with Crippen LogP contribution in [0.2, 0.25) is 0 Å². The monoisotopic (exact) mass is 219 g/mol. The van der Waals surface area contributed by atoms with Gasteiger partial charge in [0.15, 0.2) is 5.12 Å². The van der Waals surface area contributed by atoms with Gasteiger partial charge in [-0.15, -0.1) is 0 Å². The number of hydrogen-bond donors (Lipinski definition) is 2. The quantitative estimate of drug-likeness (QED) is 0.611. The zero-order chi connectivity index (χ0) is 11.1. The van der Waals surface area contributed by atoms with Gasteiger partial charge in [0.05, 0.1) is 6.42 Å². The Morgan fingerprint density at radius 2 is 2.00 bits per heavy atom. The van der Waals surface area contributed by atoms with Crippen LogP contribution in [0.5, 0.6) is 0 Å². The van der Waals surface area contributed by atoms with Crippen LogP contribution in [0.4, 0.5) is 0 Å². The summed E-state index contributed by atoms with van der Waals surface area (Å²) in [6.07, 6.45) is 1.57. The maximum absolute atomic E-state index is 11.1. The molecule has 0 spiro atoms. The molecule has 0 aromatic rings. The summed E-state index contributed by atoms with van der Waals surface area (Å²) in [5.74, 6) is -1.39. The van der Waals surface area contributed by atoms with Crippen molar-refractivity contribution in [1.82, 2.24) is 0 Å². The zero-order valence-electron chi connectivity index (χ0n) is 7.86. The fourth-order valence-electron chi connectivity index (χ4n) is 0.762. The molecule has 0 aliphatic carbocycles. The topological polar surface area (TPSA) is 97.5 Å². The van der Waals surface area contributed by atoms with Crippen molar-refractivity contribution in [2.24, 2.45) is 5.73 Å². The summed E-state index contributed by atoms with van der Waals surface area (Å²) in [7, 11) is 0. The minimum Gasteiger partial charge on any atom is -0.480 e. The second-order valence-electron chi connectivity index (χ2n) is 2.77. The molecule has 3 N–H and O–H groups in total. The fraction of sp³-hybridized carbons (Fsp3) is 0.625. The van der Waals surface area contributed by atoms with E-state index >= 15 is 0 Å². The van der Waals surface area contributed by atoms with E-state index in [9.17, 15) is 14.4 Å². The lowest BCUT2D eigenvalue weighted by Gasteiger charge is -2.04. The van der Waals surface area contributed by atoms with Crippen molar-refractivity contribution in [2.45, 2.75) is 25.3 Å². The second-order valence-corrected chi connectivity index (χ2v) is 3.64. The number of aliphatic carboxylic acids is 1. The first-order chi connectivity index (χ1) is 6.47. The minimum atomic E-state index is -1.13. The van der Waals surface area contributed by atoms with Crippen LogP contribution < -0.4 is 5.73 Å². The van der Waals surface area contributed by atoms with Crippen LogP contribution in [0.3, 0.4) is 0 Å². The van der Waals surface area contributed by atoms with Crippen molar-refractivity contribution in [3.05, 3.63) is 0 Å². The SMILES string of the molecule is CSC(=O)CC(=O)CCC(N)C(=O)O. The molecule has 0 heterocycles. The van der Waals surface area contributed by atoms with E-state index in [1.54, 1.807) is 6.26 Å². The molecule has 0 saturated carbocycles. The lowest BCUT2D eigenvalue weighted by atomic mass is 10.1.